The summed E-state index contributed by atoms with van der Waals surface area (Å²) in [4.78, 5) is 11.4. The van der Waals surface area contributed by atoms with E-state index in [0.29, 0.717) is 0 Å². The summed E-state index contributed by atoms with van der Waals surface area (Å²) in [5, 5.41) is 0. The molecule has 1 aliphatic rings. The highest BCUT2D eigenvalue weighted by Crippen LogP contribution is 2.56. The maximum absolute atomic E-state index is 14.4. The smallest absolute Gasteiger partial charge is 0.416 e. The third kappa shape index (κ3) is 2.57. The van der Waals surface area contributed by atoms with E-state index in [1.54, 1.807) is 6.92 Å². The summed E-state index contributed by atoms with van der Waals surface area (Å²) >= 11 is 0. The lowest BCUT2D eigenvalue weighted by molar-refractivity contribution is -0.145. The molecule has 0 radical (unpaired) electrons. The lowest BCUT2D eigenvalue weighted by Crippen LogP contribution is -2.14. The van der Waals surface area contributed by atoms with E-state index in [4.69, 9.17) is 0 Å². The van der Waals surface area contributed by atoms with Crippen molar-refractivity contribution in [2.24, 2.45) is 5.92 Å². The Morgan fingerprint density at radius 2 is 2.16 bits per heavy atom. The van der Waals surface area contributed by atoms with Gasteiger partial charge in [-0.3, -0.25) is 4.79 Å². The van der Waals surface area contributed by atoms with Gasteiger partial charge in [-0.25, -0.2) is 4.39 Å². The zero-order valence-electron chi connectivity index (χ0n) is 10.1. The number of rotatable bonds is 3. The van der Waals surface area contributed by atoms with Crippen molar-refractivity contribution >= 4 is 5.97 Å². The van der Waals surface area contributed by atoms with Crippen LogP contribution in [0.15, 0.2) is 24.3 Å². The molecule has 0 aliphatic heterocycles. The van der Waals surface area contributed by atoms with Crippen LogP contribution in [-0.2, 0) is 21.4 Å². The van der Waals surface area contributed by atoms with Crippen LogP contribution in [0.4, 0.5) is 17.6 Å². The van der Waals surface area contributed by atoms with E-state index in [2.05, 4.69) is 4.74 Å². The average Bonchev–Trinajstić information content (AvgIpc) is 3.03. The van der Waals surface area contributed by atoms with Gasteiger partial charge in [0, 0.05) is 6.42 Å². The molecule has 0 unspecified atom stereocenters. The minimum absolute atomic E-state index is 0.119. The SMILES string of the molecule is CCOC(=O)[C@H]1C[C@]1(F)c1cccc(C(F)(F)F)c1. The summed E-state index contributed by atoms with van der Waals surface area (Å²) in [7, 11) is 0. The molecular weight excluding hydrogens is 264 g/mol. The molecule has 0 spiro atoms. The average molecular weight is 276 g/mol. The van der Waals surface area contributed by atoms with Gasteiger partial charge in [-0.05, 0) is 24.6 Å². The topological polar surface area (TPSA) is 26.3 Å². The summed E-state index contributed by atoms with van der Waals surface area (Å²) in [5.41, 5.74) is -3.08. The molecule has 1 aromatic carbocycles. The van der Waals surface area contributed by atoms with Gasteiger partial charge in [-0.1, -0.05) is 12.1 Å². The van der Waals surface area contributed by atoms with E-state index >= 15 is 0 Å². The van der Waals surface area contributed by atoms with Crippen molar-refractivity contribution in [3.05, 3.63) is 35.4 Å². The van der Waals surface area contributed by atoms with Crippen molar-refractivity contribution in [2.45, 2.75) is 25.2 Å². The highest BCUT2D eigenvalue weighted by molar-refractivity contribution is 5.78. The Labute approximate surface area is 107 Å². The molecule has 1 aliphatic carbocycles. The maximum Gasteiger partial charge on any atom is 0.416 e. The van der Waals surface area contributed by atoms with Crippen molar-refractivity contribution < 1.29 is 27.1 Å². The van der Waals surface area contributed by atoms with Crippen molar-refractivity contribution in [2.75, 3.05) is 6.61 Å². The standard InChI is InChI=1S/C13H12F4O2/c1-2-19-11(18)10-7-12(10,14)8-4-3-5-9(6-8)13(15,16)17/h3-6,10H,2,7H2,1H3/t10-,12+/m1/s1. The van der Waals surface area contributed by atoms with Gasteiger partial charge in [0.1, 0.15) is 5.67 Å². The number of halogens is 4. The molecule has 0 bridgehead atoms. The molecule has 2 atom stereocenters. The van der Waals surface area contributed by atoms with Gasteiger partial charge in [0.05, 0.1) is 18.1 Å². The predicted octanol–water partition coefficient (Wildman–Crippen LogP) is 3.45. The number of alkyl halides is 4. The van der Waals surface area contributed by atoms with E-state index in [1.807, 2.05) is 0 Å². The monoisotopic (exact) mass is 276 g/mol. The maximum atomic E-state index is 14.4. The Hall–Kier alpha value is -1.59. The minimum Gasteiger partial charge on any atom is -0.466 e. The number of ether oxygens (including phenoxy) is 1. The van der Waals surface area contributed by atoms with Gasteiger partial charge in [0.2, 0.25) is 0 Å². The van der Waals surface area contributed by atoms with Crippen LogP contribution in [0.25, 0.3) is 0 Å². The van der Waals surface area contributed by atoms with Crippen LogP contribution in [0.1, 0.15) is 24.5 Å². The molecule has 0 N–H and O–H groups in total. The molecular formula is C13H12F4O2. The number of hydrogen-bond acceptors (Lipinski definition) is 2. The van der Waals surface area contributed by atoms with E-state index < -0.39 is 29.3 Å². The first-order chi connectivity index (χ1) is 8.79. The second-order valence-electron chi connectivity index (χ2n) is 4.45. The number of benzene rings is 1. The van der Waals surface area contributed by atoms with E-state index in [1.165, 1.54) is 6.07 Å². The molecule has 1 saturated carbocycles. The Kier molecular flexibility index (Phi) is 3.28. The van der Waals surface area contributed by atoms with Gasteiger partial charge < -0.3 is 4.74 Å². The van der Waals surface area contributed by atoms with Crippen LogP contribution in [0.2, 0.25) is 0 Å². The van der Waals surface area contributed by atoms with E-state index in [-0.39, 0.29) is 18.6 Å². The molecule has 2 nitrogen and oxygen atoms in total. The Morgan fingerprint density at radius 1 is 1.47 bits per heavy atom. The van der Waals surface area contributed by atoms with Crippen molar-refractivity contribution in [1.29, 1.82) is 0 Å². The van der Waals surface area contributed by atoms with Gasteiger partial charge in [-0.15, -0.1) is 0 Å². The molecule has 19 heavy (non-hydrogen) atoms. The van der Waals surface area contributed by atoms with Gasteiger partial charge in [0.25, 0.3) is 0 Å². The lowest BCUT2D eigenvalue weighted by Gasteiger charge is -2.12. The quantitative estimate of drug-likeness (QED) is 0.624. The van der Waals surface area contributed by atoms with Crippen LogP contribution < -0.4 is 0 Å². The third-order valence-electron chi connectivity index (χ3n) is 3.13. The predicted molar refractivity (Wildman–Crippen MR) is 59.0 cm³/mol. The minimum atomic E-state index is -4.53. The molecule has 0 heterocycles. The zero-order valence-corrected chi connectivity index (χ0v) is 10.1. The van der Waals surface area contributed by atoms with Gasteiger partial charge >= 0.3 is 12.1 Å². The molecule has 1 fully saturated rings. The fourth-order valence-corrected chi connectivity index (χ4v) is 2.02. The van der Waals surface area contributed by atoms with Crippen LogP contribution in [0, 0.1) is 5.92 Å². The van der Waals surface area contributed by atoms with Crippen LogP contribution in [-0.4, -0.2) is 12.6 Å². The van der Waals surface area contributed by atoms with Gasteiger partial charge in [0.15, 0.2) is 0 Å². The third-order valence-corrected chi connectivity index (χ3v) is 3.13. The number of carbonyl (C=O) groups is 1. The number of carbonyl (C=O) groups excluding carboxylic acids is 1. The highest BCUT2D eigenvalue weighted by atomic mass is 19.4. The summed E-state index contributed by atoms with van der Waals surface area (Å²) in [6.45, 7) is 1.71. The number of esters is 1. The molecule has 0 amide bonds. The molecule has 1 aromatic rings. The summed E-state index contributed by atoms with van der Waals surface area (Å²) < 4.78 is 56.7. The second-order valence-corrected chi connectivity index (χ2v) is 4.45. The fourth-order valence-electron chi connectivity index (χ4n) is 2.02. The summed E-state index contributed by atoms with van der Waals surface area (Å²) in [5.74, 6) is -1.71. The summed E-state index contributed by atoms with van der Waals surface area (Å²) in [6.07, 6.45) is -4.66. The molecule has 2 rings (SSSR count). The first-order valence-corrected chi connectivity index (χ1v) is 5.82. The Morgan fingerprint density at radius 3 is 2.74 bits per heavy atom. The molecule has 104 valence electrons. The highest BCUT2D eigenvalue weighted by Gasteiger charge is 2.62. The van der Waals surface area contributed by atoms with Gasteiger partial charge in [-0.2, -0.15) is 13.2 Å². The van der Waals surface area contributed by atoms with Crippen molar-refractivity contribution in [3.63, 3.8) is 0 Å². The Bertz CT molecular complexity index is 498. The van der Waals surface area contributed by atoms with Crippen LogP contribution in [0.5, 0.6) is 0 Å². The van der Waals surface area contributed by atoms with E-state index in [9.17, 15) is 22.4 Å². The normalized spacial score (nSPS) is 26.1. The van der Waals surface area contributed by atoms with E-state index in [0.717, 1.165) is 18.2 Å². The van der Waals surface area contributed by atoms with Crippen LogP contribution in [0.3, 0.4) is 0 Å². The molecule has 0 aromatic heterocycles. The first-order valence-electron chi connectivity index (χ1n) is 5.82. The molecule has 0 saturated heterocycles. The van der Waals surface area contributed by atoms with Crippen LogP contribution >= 0.6 is 0 Å². The summed E-state index contributed by atoms with van der Waals surface area (Å²) in [6, 6.07) is 4.02. The largest absolute Gasteiger partial charge is 0.466 e. The zero-order chi connectivity index (χ0) is 14.3. The number of hydrogen-bond donors (Lipinski definition) is 0. The fraction of sp³-hybridized carbons (Fsp3) is 0.462. The first kappa shape index (κ1) is 13.8. The van der Waals surface area contributed by atoms with Crippen molar-refractivity contribution in [3.8, 4) is 0 Å². The van der Waals surface area contributed by atoms with Crippen molar-refractivity contribution in [1.82, 2.24) is 0 Å². The molecule has 6 heteroatoms. The Balaban J connectivity index is 2.22. The lowest BCUT2D eigenvalue weighted by atomic mass is 10.0. The second kappa shape index (κ2) is 4.51.